The number of benzene rings is 1. The lowest BCUT2D eigenvalue weighted by molar-refractivity contribution is 0.269. The van der Waals surface area contributed by atoms with E-state index in [2.05, 4.69) is 0 Å². The van der Waals surface area contributed by atoms with Gasteiger partial charge in [0, 0.05) is 6.07 Å². The zero-order chi connectivity index (χ0) is 9.14. The predicted octanol–water partition coefficient (Wildman–Crippen LogP) is 2.74. The third-order valence-electron chi connectivity index (χ3n) is 1.16. The summed E-state index contributed by atoms with van der Waals surface area (Å²) in [7, 11) is 0. The monoisotopic (exact) mass is 191 g/mol. The molecule has 2 nitrogen and oxygen atoms in total. The van der Waals surface area contributed by atoms with Gasteiger partial charge in [-0.2, -0.15) is 0 Å². The molecule has 64 valence electrons. The fourth-order valence-electron chi connectivity index (χ4n) is 0.697. The van der Waals surface area contributed by atoms with Gasteiger partial charge in [-0.15, -0.1) is 0 Å². The molecule has 5 heteroatoms. The highest BCUT2D eigenvalue weighted by molar-refractivity contribution is 6.65. The molecule has 0 fully saturated rings. The van der Waals surface area contributed by atoms with Gasteiger partial charge in [-0.25, -0.2) is 8.78 Å². The van der Waals surface area contributed by atoms with Crippen molar-refractivity contribution in [3.63, 3.8) is 0 Å². The van der Waals surface area contributed by atoms with E-state index < -0.39 is 17.0 Å². The van der Waals surface area contributed by atoms with Crippen LogP contribution in [0.5, 0.6) is 0 Å². The Hall–Kier alpha value is -1.16. The first-order valence-electron chi connectivity index (χ1n) is 3.01. The molecule has 1 N–H and O–H groups in total. The van der Waals surface area contributed by atoms with Crippen molar-refractivity contribution in [3.8, 4) is 0 Å². The number of rotatable bonds is 1. The lowest BCUT2D eigenvalue weighted by Gasteiger charge is -2.00. The summed E-state index contributed by atoms with van der Waals surface area (Å²) in [6.45, 7) is 0. The number of nitrogens with one attached hydrogen (secondary N) is 1. The van der Waals surface area contributed by atoms with Crippen LogP contribution in [0.4, 0.5) is 19.3 Å². The Labute approximate surface area is 72.1 Å². The van der Waals surface area contributed by atoms with E-state index in [1.165, 1.54) is 0 Å². The molecule has 0 spiro atoms. The van der Waals surface area contributed by atoms with Gasteiger partial charge in [-0.3, -0.25) is 4.79 Å². The number of anilines is 1. The Kier molecular flexibility index (Phi) is 2.60. The minimum atomic E-state index is -0.916. The number of hydrogen-bond acceptors (Lipinski definition) is 1. The van der Waals surface area contributed by atoms with Crippen LogP contribution in [0.25, 0.3) is 0 Å². The second-order valence-electron chi connectivity index (χ2n) is 2.02. The Balaban J connectivity index is 2.93. The molecule has 0 aromatic heterocycles. The summed E-state index contributed by atoms with van der Waals surface area (Å²) in [6, 6.07) is 2.76. The van der Waals surface area contributed by atoms with Gasteiger partial charge in [0.1, 0.15) is 11.6 Å². The lowest BCUT2D eigenvalue weighted by atomic mass is 10.3. The van der Waals surface area contributed by atoms with E-state index in [1.807, 2.05) is 5.32 Å². The van der Waals surface area contributed by atoms with Gasteiger partial charge in [-0.1, -0.05) is 0 Å². The highest BCUT2D eigenvalue weighted by Gasteiger charge is 2.04. The maximum absolute atomic E-state index is 12.7. The fraction of sp³-hybridized carbons (Fsp3) is 0. The zero-order valence-corrected chi connectivity index (χ0v) is 6.53. The molecule has 0 radical (unpaired) electrons. The van der Waals surface area contributed by atoms with Crippen molar-refractivity contribution in [1.29, 1.82) is 0 Å². The van der Waals surface area contributed by atoms with E-state index in [1.54, 1.807) is 0 Å². The van der Waals surface area contributed by atoms with Crippen molar-refractivity contribution in [2.75, 3.05) is 5.32 Å². The molecule has 0 unspecified atom stereocenters. The highest BCUT2D eigenvalue weighted by Crippen LogP contribution is 2.15. The van der Waals surface area contributed by atoms with Crippen molar-refractivity contribution in [2.24, 2.45) is 0 Å². The molecule has 0 aliphatic heterocycles. The average Bonchev–Trinajstić information content (AvgIpc) is 1.94. The summed E-state index contributed by atoms with van der Waals surface area (Å²) in [5, 5.41) is 1.07. The molecule has 0 aliphatic carbocycles. The highest BCUT2D eigenvalue weighted by atomic mass is 35.5. The fourth-order valence-corrected chi connectivity index (χ4v) is 0.799. The molecule has 0 bridgehead atoms. The first-order valence-corrected chi connectivity index (χ1v) is 3.39. The summed E-state index contributed by atoms with van der Waals surface area (Å²) in [5.41, 5.74) is -0.142. The van der Waals surface area contributed by atoms with Crippen LogP contribution in [0.15, 0.2) is 18.2 Å². The third-order valence-corrected chi connectivity index (χ3v) is 1.26. The number of hydrogen-bond donors (Lipinski definition) is 1. The van der Waals surface area contributed by atoms with Crippen molar-refractivity contribution >= 4 is 22.7 Å². The molecule has 0 heterocycles. The SMILES string of the molecule is O=C(Cl)Nc1ccc(F)cc1F. The summed E-state index contributed by atoms with van der Waals surface area (Å²) >= 11 is 4.91. The predicted molar refractivity (Wildman–Crippen MR) is 41.2 cm³/mol. The molecule has 0 saturated carbocycles. The van der Waals surface area contributed by atoms with E-state index in [9.17, 15) is 13.6 Å². The Morgan fingerprint density at radius 1 is 1.42 bits per heavy atom. The molecule has 1 rings (SSSR count). The van der Waals surface area contributed by atoms with Crippen LogP contribution in [0.1, 0.15) is 0 Å². The minimum Gasteiger partial charge on any atom is -0.310 e. The normalized spacial score (nSPS) is 9.58. The van der Waals surface area contributed by atoms with Crippen molar-refractivity contribution in [2.45, 2.75) is 0 Å². The van der Waals surface area contributed by atoms with Crippen molar-refractivity contribution in [3.05, 3.63) is 29.8 Å². The first-order chi connectivity index (χ1) is 5.59. The summed E-state index contributed by atoms with van der Waals surface area (Å²) in [6.07, 6.45) is 0. The number of halogens is 3. The van der Waals surface area contributed by atoms with E-state index in [4.69, 9.17) is 11.6 Å². The summed E-state index contributed by atoms with van der Waals surface area (Å²) in [4.78, 5) is 10.2. The maximum atomic E-state index is 12.7. The Bertz CT molecular complexity index is 316. The quantitative estimate of drug-likeness (QED) is 0.537. The lowest BCUT2D eigenvalue weighted by Crippen LogP contribution is -2.03. The van der Waals surface area contributed by atoms with E-state index in [-0.39, 0.29) is 5.69 Å². The molecule has 1 amide bonds. The molecule has 1 aromatic rings. The maximum Gasteiger partial charge on any atom is 0.318 e. The van der Waals surface area contributed by atoms with Gasteiger partial charge in [0.2, 0.25) is 0 Å². The van der Waals surface area contributed by atoms with Gasteiger partial charge >= 0.3 is 5.37 Å². The summed E-state index contributed by atoms with van der Waals surface area (Å²) in [5.74, 6) is -1.57. The molecule has 0 aliphatic rings. The van der Waals surface area contributed by atoms with E-state index in [0.29, 0.717) is 6.07 Å². The van der Waals surface area contributed by atoms with E-state index in [0.717, 1.165) is 12.1 Å². The molecule has 12 heavy (non-hydrogen) atoms. The van der Waals surface area contributed by atoms with Crippen LogP contribution in [-0.2, 0) is 0 Å². The van der Waals surface area contributed by atoms with Gasteiger partial charge in [-0.05, 0) is 23.7 Å². The number of amides is 1. The van der Waals surface area contributed by atoms with Crippen LogP contribution < -0.4 is 5.32 Å². The second kappa shape index (κ2) is 3.49. The van der Waals surface area contributed by atoms with Crippen LogP contribution in [0.3, 0.4) is 0 Å². The second-order valence-corrected chi connectivity index (χ2v) is 2.37. The van der Waals surface area contributed by atoms with Crippen LogP contribution in [0, 0.1) is 11.6 Å². The molecule has 0 atom stereocenters. The molecular weight excluding hydrogens is 188 g/mol. The van der Waals surface area contributed by atoms with Gasteiger partial charge in [0.25, 0.3) is 0 Å². The topological polar surface area (TPSA) is 29.1 Å². The largest absolute Gasteiger partial charge is 0.318 e. The number of carbonyl (C=O) groups is 1. The molecule has 0 saturated heterocycles. The van der Waals surface area contributed by atoms with Gasteiger partial charge in [0.15, 0.2) is 0 Å². The minimum absolute atomic E-state index is 0.142. The average molecular weight is 192 g/mol. The van der Waals surface area contributed by atoms with Crippen molar-refractivity contribution < 1.29 is 13.6 Å². The summed E-state index contributed by atoms with van der Waals surface area (Å²) < 4.78 is 25.0. The third kappa shape index (κ3) is 2.17. The van der Waals surface area contributed by atoms with Gasteiger partial charge in [0.05, 0.1) is 5.69 Å². The van der Waals surface area contributed by atoms with Crippen LogP contribution >= 0.6 is 11.6 Å². The zero-order valence-electron chi connectivity index (χ0n) is 5.77. The van der Waals surface area contributed by atoms with E-state index >= 15 is 0 Å². The smallest absolute Gasteiger partial charge is 0.310 e. The standard InChI is InChI=1S/C7H4ClF2NO/c8-7(12)11-6-2-1-4(9)3-5(6)10/h1-3H,(H,11,12). The molecular formula is C7H4ClF2NO. The Morgan fingerprint density at radius 3 is 2.58 bits per heavy atom. The Morgan fingerprint density at radius 2 is 2.08 bits per heavy atom. The van der Waals surface area contributed by atoms with Crippen molar-refractivity contribution in [1.82, 2.24) is 0 Å². The van der Waals surface area contributed by atoms with Crippen LogP contribution in [-0.4, -0.2) is 5.37 Å². The van der Waals surface area contributed by atoms with Crippen LogP contribution in [0.2, 0.25) is 0 Å². The van der Waals surface area contributed by atoms with Gasteiger partial charge < -0.3 is 5.32 Å². The number of carbonyl (C=O) groups excluding carboxylic acids is 1. The first kappa shape index (κ1) is 8.93. The molecule has 1 aromatic carbocycles.